The van der Waals surface area contributed by atoms with E-state index in [9.17, 15) is 4.79 Å². The maximum absolute atomic E-state index is 12.3. The first-order valence-electron chi connectivity index (χ1n) is 9.44. The number of piperazine rings is 1. The number of benzene rings is 1. The summed E-state index contributed by atoms with van der Waals surface area (Å²) in [5, 5.41) is 0.772. The Morgan fingerprint density at radius 2 is 1.78 bits per heavy atom. The Morgan fingerprint density at radius 3 is 2.41 bits per heavy atom. The van der Waals surface area contributed by atoms with Crippen molar-refractivity contribution in [3.63, 3.8) is 0 Å². The number of halogens is 1. The van der Waals surface area contributed by atoms with E-state index < -0.39 is 0 Å². The molecule has 0 N–H and O–H groups in total. The summed E-state index contributed by atoms with van der Waals surface area (Å²) in [5.41, 5.74) is 1.67. The topological polar surface area (TPSA) is 52.8 Å². The van der Waals surface area contributed by atoms with Crippen molar-refractivity contribution in [2.24, 2.45) is 0 Å². The van der Waals surface area contributed by atoms with E-state index in [2.05, 4.69) is 26.9 Å². The summed E-state index contributed by atoms with van der Waals surface area (Å²) >= 11 is 5.95. The second kappa shape index (κ2) is 9.35. The van der Waals surface area contributed by atoms with E-state index in [0.29, 0.717) is 18.1 Å². The molecule has 6 nitrogen and oxygen atoms in total. The third-order valence-corrected chi connectivity index (χ3v) is 5.07. The van der Waals surface area contributed by atoms with Crippen molar-refractivity contribution in [2.75, 3.05) is 39.8 Å². The molecule has 3 rings (SSSR count). The molecule has 1 fully saturated rings. The van der Waals surface area contributed by atoms with Gasteiger partial charge >= 0.3 is 0 Å². The fourth-order valence-corrected chi connectivity index (χ4v) is 3.39. The second-order valence-corrected chi connectivity index (χ2v) is 7.47. The number of amides is 1. The first-order valence-corrected chi connectivity index (χ1v) is 9.82. The van der Waals surface area contributed by atoms with Crippen LogP contribution in [-0.2, 0) is 13.1 Å². The van der Waals surface area contributed by atoms with E-state index in [0.717, 1.165) is 50.7 Å². The molecule has 0 radical (unpaired) electrons. The van der Waals surface area contributed by atoms with Gasteiger partial charge in [0.05, 0.1) is 6.54 Å². The predicted octanol–water partition coefficient (Wildman–Crippen LogP) is 3.13. The van der Waals surface area contributed by atoms with Crippen LogP contribution in [0.2, 0.25) is 5.02 Å². The van der Waals surface area contributed by atoms with E-state index in [4.69, 9.17) is 16.0 Å². The zero-order valence-corrected chi connectivity index (χ0v) is 16.8. The molecule has 1 saturated heterocycles. The average Bonchev–Trinajstić information content (AvgIpc) is 3.13. The monoisotopic (exact) mass is 390 g/mol. The maximum Gasteiger partial charge on any atom is 0.275 e. The van der Waals surface area contributed by atoms with Crippen molar-refractivity contribution in [1.29, 1.82) is 0 Å². The summed E-state index contributed by atoms with van der Waals surface area (Å²) in [4.78, 5) is 23.1. The van der Waals surface area contributed by atoms with Gasteiger partial charge in [0.25, 0.3) is 5.91 Å². The Kier molecular flexibility index (Phi) is 6.88. The lowest BCUT2D eigenvalue weighted by Crippen LogP contribution is -2.45. The Bertz CT molecular complexity index is 739. The Balaban J connectivity index is 1.46. The minimum Gasteiger partial charge on any atom is -0.447 e. The Morgan fingerprint density at radius 1 is 1.15 bits per heavy atom. The molecule has 0 saturated carbocycles. The zero-order chi connectivity index (χ0) is 19.2. The van der Waals surface area contributed by atoms with Crippen molar-refractivity contribution in [3.8, 4) is 0 Å². The van der Waals surface area contributed by atoms with Crippen molar-refractivity contribution >= 4 is 17.5 Å². The fraction of sp³-hybridized carbons (Fsp3) is 0.500. The number of carbonyl (C=O) groups excluding carboxylic acids is 1. The smallest absolute Gasteiger partial charge is 0.275 e. The lowest BCUT2D eigenvalue weighted by molar-refractivity contribution is 0.0789. The summed E-state index contributed by atoms with van der Waals surface area (Å²) in [5.74, 6) is 0.522. The molecule has 2 heterocycles. The van der Waals surface area contributed by atoms with E-state index >= 15 is 0 Å². The number of rotatable bonds is 7. The standard InChI is InChI=1S/C20H27ClN4O2/c1-3-8-23(2)20(26)18-15-27-19(22-18)14-25-11-9-24(10-12-25)13-16-4-6-17(21)7-5-16/h4-7,15H,3,8-14H2,1-2H3. The second-order valence-electron chi connectivity index (χ2n) is 7.03. The van der Waals surface area contributed by atoms with E-state index in [-0.39, 0.29) is 5.91 Å². The molecule has 1 amide bonds. The highest BCUT2D eigenvalue weighted by atomic mass is 35.5. The lowest BCUT2D eigenvalue weighted by Gasteiger charge is -2.34. The minimum absolute atomic E-state index is 0.0837. The molecule has 2 aromatic rings. The van der Waals surface area contributed by atoms with E-state index in [1.165, 1.54) is 11.8 Å². The summed E-state index contributed by atoms with van der Waals surface area (Å²) < 4.78 is 5.52. The van der Waals surface area contributed by atoms with Gasteiger partial charge in [-0.15, -0.1) is 0 Å². The van der Waals surface area contributed by atoms with Crippen LogP contribution in [0.5, 0.6) is 0 Å². The van der Waals surface area contributed by atoms with Gasteiger partial charge in [0.15, 0.2) is 5.69 Å². The van der Waals surface area contributed by atoms with Crippen molar-refractivity contribution in [1.82, 2.24) is 19.7 Å². The molecule has 7 heteroatoms. The SMILES string of the molecule is CCCN(C)C(=O)c1coc(CN2CCN(Cc3ccc(Cl)cc3)CC2)n1. The molecular weight excluding hydrogens is 364 g/mol. The van der Waals surface area contributed by atoms with Crippen LogP contribution in [0, 0.1) is 0 Å². The van der Waals surface area contributed by atoms with Crippen molar-refractivity contribution in [3.05, 3.63) is 52.7 Å². The van der Waals surface area contributed by atoms with E-state index in [1.54, 1.807) is 11.9 Å². The fourth-order valence-electron chi connectivity index (χ4n) is 3.26. The summed E-state index contributed by atoms with van der Waals surface area (Å²) in [6, 6.07) is 8.03. The minimum atomic E-state index is -0.0837. The van der Waals surface area contributed by atoms with Crippen LogP contribution in [0.15, 0.2) is 34.9 Å². The van der Waals surface area contributed by atoms with Crippen LogP contribution in [0.4, 0.5) is 0 Å². The van der Waals surface area contributed by atoms with Crippen LogP contribution in [0.25, 0.3) is 0 Å². The van der Waals surface area contributed by atoms with Gasteiger partial charge in [-0.25, -0.2) is 4.98 Å². The first-order chi connectivity index (χ1) is 13.0. The van der Waals surface area contributed by atoms with Gasteiger partial charge in [0, 0.05) is 51.3 Å². The van der Waals surface area contributed by atoms with Gasteiger partial charge in [0.2, 0.25) is 5.89 Å². The summed E-state index contributed by atoms with van der Waals surface area (Å²) in [6.45, 7) is 8.24. The third-order valence-electron chi connectivity index (χ3n) is 4.82. The van der Waals surface area contributed by atoms with Gasteiger partial charge in [-0.05, 0) is 24.1 Å². The molecular formula is C20H27ClN4O2. The lowest BCUT2D eigenvalue weighted by atomic mass is 10.2. The molecule has 0 unspecified atom stereocenters. The average molecular weight is 391 g/mol. The molecule has 1 aliphatic heterocycles. The van der Waals surface area contributed by atoms with Gasteiger partial charge < -0.3 is 9.32 Å². The van der Waals surface area contributed by atoms with Gasteiger partial charge in [-0.1, -0.05) is 30.7 Å². The van der Waals surface area contributed by atoms with Crippen molar-refractivity contribution in [2.45, 2.75) is 26.4 Å². The van der Waals surface area contributed by atoms with Crippen LogP contribution in [0.1, 0.15) is 35.3 Å². The van der Waals surface area contributed by atoms with Crippen LogP contribution >= 0.6 is 11.6 Å². The van der Waals surface area contributed by atoms with E-state index in [1.807, 2.05) is 19.1 Å². The normalized spacial score (nSPS) is 15.8. The number of hydrogen-bond donors (Lipinski definition) is 0. The molecule has 0 aliphatic carbocycles. The molecule has 1 aliphatic rings. The van der Waals surface area contributed by atoms with Crippen LogP contribution in [-0.4, -0.2) is 65.4 Å². The highest BCUT2D eigenvalue weighted by molar-refractivity contribution is 6.30. The molecule has 146 valence electrons. The molecule has 0 bridgehead atoms. The molecule has 1 aromatic heterocycles. The van der Waals surface area contributed by atoms with Crippen LogP contribution in [0.3, 0.4) is 0 Å². The maximum atomic E-state index is 12.3. The summed E-state index contributed by atoms with van der Waals surface area (Å²) in [7, 11) is 1.79. The number of oxazole rings is 1. The number of nitrogens with zero attached hydrogens (tertiary/aromatic N) is 4. The zero-order valence-electron chi connectivity index (χ0n) is 16.0. The highest BCUT2D eigenvalue weighted by Gasteiger charge is 2.21. The van der Waals surface area contributed by atoms with Gasteiger partial charge in [-0.2, -0.15) is 0 Å². The number of aromatic nitrogens is 1. The first kappa shape index (κ1) is 19.9. The third kappa shape index (κ3) is 5.54. The van der Waals surface area contributed by atoms with Crippen molar-refractivity contribution < 1.29 is 9.21 Å². The molecule has 0 spiro atoms. The quantitative estimate of drug-likeness (QED) is 0.727. The Labute approximate surface area is 165 Å². The molecule has 0 atom stereocenters. The highest BCUT2D eigenvalue weighted by Crippen LogP contribution is 2.14. The van der Waals surface area contributed by atoms with Gasteiger partial charge in [0.1, 0.15) is 6.26 Å². The van der Waals surface area contributed by atoms with Crippen LogP contribution < -0.4 is 0 Å². The van der Waals surface area contributed by atoms with Gasteiger partial charge in [-0.3, -0.25) is 14.6 Å². The number of carbonyl (C=O) groups is 1. The Hall–Kier alpha value is -1.89. The predicted molar refractivity (Wildman–Crippen MR) is 106 cm³/mol. The number of hydrogen-bond acceptors (Lipinski definition) is 5. The molecule has 1 aromatic carbocycles. The largest absolute Gasteiger partial charge is 0.447 e. The molecule has 27 heavy (non-hydrogen) atoms. The summed E-state index contributed by atoms with van der Waals surface area (Å²) in [6.07, 6.45) is 2.40.